The number of fused-ring (bicyclic) bond motifs is 2. The Bertz CT molecular complexity index is 1320. The molecule has 0 bridgehead atoms. The van der Waals surface area contributed by atoms with Gasteiger partial charge in [-0.15, -0.1) is 0 Å². The highest BCUT2D eigenvalue weighted by Crippen LogP contribution is 2.42. The maximum Gasteiger partial charge on any atom is 0.246 e. The van der Waals surface area contributed by atoms with Crippen LogP contribution >= 0.6 is 23.1 Å². The molecular weight excluding hydrogens is 435 g/mol. The van der Waals surface area contributed by atoms with Gasteiger partial charge in [0.05, 0.1) is 10.5 Å². The van der Waals surface area contributed by atoms with Crippen molar-refractivity contribution in [3.8, 4) is 11.1 Å². The Hall–Kier alpha value is -3.03. The van der Waals surface area contributed by atoms with Crippen molar-refractivity contribution in [2.24, 2.45) is 0 Å². The lowest BCUT2D eigenvalue weighted by Gasteiger charge is -2.34. The number of amides is 1. The predicted octanol–water partition coefficient (Wildman–Crippen LogP) is 5.14. The highest BCUT2D eigenvalue weighted by atomic mass is 35.5. The highest BCUT2D eigenvalue weighted by molar-refractivity contribution is 7.11. The molecular formula is C23H18ClFN4OS. The normalized spacial score (nSPS) is 14.4. The number of benzene rings is 2. The van der Waals surface area contributed by atoms with Crippen molar-refractivity contribution in [1.29, 1.82) is 0 Å². The molecule has 0 aliphatic carbocycles. The van der Waals surface area contributed by atoms with Gasteiger partial charge in [-0.2, -0.15) is 4.37 Å². The number of nitrogens with zero attached hydrogens (tertiary/aromatic N) is 4. The van der Waals surface area contributed by atoms with Crippen LogP contribution in [-0.2, 0) is 4.79 Å². The number of hydrogen-bond donors (Lipinski definition) is 0. The number of halogens is 2. The van der Waals surface area contributed by atoms with E-state index in [0.717, 1.165) is 10.4 Å². The summed E-state index contributed by atoms with van der Waals surface area (Å²) in [6.07, 6.45) is 3.02. The second-order valence-corrected chi connectivity index (χ2v) is 8.49. The topological polar surface area (TPSA) is 49.3 Å². The summed E-state index contributed by atoms with van der Waals surface area (Å²) in [4.78, 5) is 20.2. The fourth-order valence-corrected chi connectivity index (χ4v) is 5.24. The molecule has 3 heterocycles. The fourth-order valence-electron chi connectivity index (χ4n) is 4.04. The monoisotopic (exact) mass is 452 g/mol. The van der Waals surface area contributed by atoms with E-state index in [1.165, 1.54) is 17.6 Å². The number of carbonyl (C=O) groups is 1. The van der Waals surface area contributed by atoms with Gasteiger partial charge in [0.1, 0.15) is 10.5 Å². The minimum absolute atomic E-state index is 0.0729. The number of piperazine rings is 1. The third-order valence-corrected chi connectivity index (χ3v) is 6.82. The molecule has 0 spiro atoms. The summed E-state index contributed by atoms with van der Waals surface area (Å²) in [5.41, 5.74) is 1.96. The van der Waals surface area contributed by atoms with Gasteiger partial charge in [-0.25, -0.2) is 4.39 Å². The summed E-state index contributed by atoms with van der Waals surface area (Å²) in [6, 6.07) is 11.2. The molecule has 31 heavy (non-hydrogen) atoms. The van der Waals surface area contributed by atoms with Crippen LogP contribution in [-0.4, -0.2) is 46.3 Å². The fraction of sp³-hybridized carbons (Fsp3) is 0.174. The second kappa shape index (κ2) is 7.90. The largest absolute Gasteiger partial charge is 0.358 e. The molecule has 1 aliphatic rings. The molecule has 2 aromatic carbocycles. The van der Waals surface area contributed by atoms with E-state index < -0.39 is 5.82 Å². The molecule has 156 valence electrons. The molecule has 1 fully saturated rings. The molecule has 0 unspecified atom stereocenters. The second-order valence-electron chi connectivity index (χ2n) is 7.33. The smallest absolute Gasteiger partial charge is 0.246 e. The van der Waals surface area contributed by atoms with E-state index in [2.05, 4.69) is 20.8 Å². The van der Waals surface area contributed by atoms with Crippen molar-refractivity contribution in [2.45, 2.75) is 0 Å². The van der Waals surface area contributed by atoms with Gasteiger partial charge in [-0.1, -0.05) is 42.4 Å². The summed E-state index contributed by atoms with van der Waals surface area (Å²) >= 11 is 7.87. The van der Waals surface area contributed by atoms with Crippen LogP contribution in [0.1, 0.15) is 0 Å². The van der Waals surface area contributed by atoms with Gasteiger partial charge in [0.25, 0.3) is 0 Å². The first-order chi connectivity index (χ1) is 15.1. The molecule has 5 rings (SSSR count). The van der Waals surface area contributed by atoms with Gasteiger partial charge in [-0.05, 0) is 29.7 Å². The molecule has 8 heteroatoms. The molecule has 1 aliphatic heterocycles. The minimum atomic E-state index is -0.441. The Balaban J connectivity index is 1.56. The van der Waals surface area contributed by atoms with Crippen LogP contribution < -0.4 is 4.90 Å². The van der Waals surface area contributed by atoms with Gasteiger partial charge in [0, 0.05) is 54.3 Å². The Morgan fingerprint density at radius 3 is 2.71 bits per heavy atom. The zero-order valence-electron chi connectivity index (χ0n) is 16.5. The summed E-state index contributed by atoms with van der Waals surface area (Å²) in [7, 11) is 0. The number of pyridine rings is 1. The van der Waals surface area contributed by atoms with Crippen LogP contribution in [0.25, 0.3) is 32.9 Å². The molecule has 0 saturated carbocycles. The van der Waals surface area contributed by atoms with Crippen LogP contribution in [0.3, 0.4) is 0 Å². The number of para-hydroxylation sites is 1. The summed E-state index contributed by atoms with van der Waals surface area (Å²) in [5, 5.41) is 2.79. The van der Waals surface area contributed by atoms with Gasteiger partial charge in [0.2, 0.25) is 5.91 Å². The minimum Gasteiger partial charge on any atom is -0.358 e. The van der Waals surface area contributed by atoms with Crippen LogP contribution in [0, 0.1) is 5.82 Å². The van der Waals surface area contributed by atoms with Gasteiger partial charge >= 0.3 is 0 Å². The summed E-state index contributed by atoms with van der Waals surface area (Å²) in [6.45, 7) is 6.00. The molecule has 5 nitrogen and oxygen atoms in total. The number of hydrogen-bond acceptors (Lipinski definition) is 5. The van der Waals surface area contributed by atoms with Crippen LogP contribution in [0.5, 0.6) is 0 Å². The zero-order chi connectivity index (χ0) is 21.5. The number of rotatable bonds is 3. The van der Waals surface area contributed by atoms with E-state index in [-0.39, 0.29) is 5.91 Å². The third-order valence-electron chi connectivity index (χ3n) is 5.60. The van der Waals surface area contributed by atoms with Crippen molar-refractivity contribution in [2.75, 3.05) is 31.1 Å². The van der Waals surface area contributed by atoms with Gasteiger partial charge < -0.3 is 9.80 Å². The Kier molecular flexibility index (Phi) is 5.08. The van der Waals surface area contributed by atoms with Gasteiger partial charge in [-0.3, -0.25) is 9.78 Å². The van der Waals surface area contributed by atoms with E-state index in [1.807, 2.05) is 30.3 Å². The first-order valence-corrected chi connectivity index (χ1v) is 11.0. The van der Waals surface area contributed by atoms with E-state index in [9.17, 15) is 4.79 Å². The summed E-state index contributed by atoms with van der Waals surface area (Å²) < 4.78 is 20.1. The Morgan fingerprint density at radius 2 is 1.94 bits per heavy atom. The van der Waals surface area contributed by atoms with Crippen molar-refractivity contribution in [1.82, 2.24) is 14.3 Å². The lowest BCUT2D eigenvalue weighted by atomic mass is 10.00. The highest BCUT2D eigenvalue weighted by Gasteiger charge is 2.25. The first kappa shape index (κ1) is 19.9. The average Bonchev–Trinajstić information content (AvgIpc) is 3.23. The zero-order valence-corrected chi connectivity index (χ0v) is 18.1. The van der Waals surface area contributed by atoms with Crippen molar-refractivity contribution in [3.05, 3.63) is 66.1 Å². The van der Waals surface area contributed by atoms with Crippen LogP contribution in [0.15, 0.2) is 55.3 Å². The number of aromatic nitrogens is 2. The summed E-state index contributed by atoms with van der Waals surface area (Å²) in [5.74, 6) is -0.514. The Labute approximate surface area is 187 Å². The first-order valence-electron chi connectivity index (χ1n) is 9.86. The standard InChI is InChI=1S/C23H18ClFN4OS/c1-2-18(30)28-9-11-29(12-10-28)23-16-13-17(24)19(20(25)22(16)27-31-23)15-7-3-5-14-6-4-8-26-21(14)15/h2-8,13H,1,9-12H2. The SMILES string of the molecule is C=CC(=O)N1CCN(c2snc3c(F)c(-c4cccc5cccnc45)c(Cl)cc23)CC1. The maximum absolute atomic E-state index is 15.7. The molecule has 0 N–H and O–H groups in total. The predicted molar refractivity (Wildman–Crippen MR) is 124 cm³/mol. The molecule has 4 aromatic rings. The van der Waals surface area contributed by atoms with E-state index in [1.54, 1.807) is 17.2 Å². The maximum atomic E-state index is 15.7. The van der Waals surface area contributed by atoms with Crippen LogP contribution in [0.2, 0.25) is 5.02 Å². The quantitative estimate of drug-likeness (QED) is 0.404. The molecule has 1 amide bonds. The average molecular weight is 453 g/mol. The molecule has 0 radical (unpaired) electrons. The molecule has 1 saturated heterocycles. The van der Waals surface area contributed by atoms with E-state index >= 15 is 4.39 Å². The van der Waals surface area contributed by atoms with Crippen molar-refractivity contribution in [3.63, 3.8) is 0 Å². The third kappa shape index (κ3) is 3.34. The lowest BCUT2D eigenvalue weighted by Crippen LogP contribution is -2.48. The van der Waals surface area contributed by atoms with Crippen molar-refractivity contribution < 1.29 is 9.18 Å². The van der Waals surface area contributed by atoms with Gasteiger partial charge in [0.15, 0.2) is 5.82 Å². The number of anilines is 1. The number of carbonyl (C=O) groups excluding carboxylic acids is 1. The van der Waals surface area contributed by atoms with E-state index in [4.69, 9.17) is 11.6 Å². The Morgan fingerprint density at radius 1 is 1.16 bits per heavy atom. The molecule has 2 aromatic heterocycles. The molecule has 0 atom stereocenters. The van der Waals surface area contributed by atoms with Crippen LogP contribution in [0.4, 0.5) is 9.39 Å². The lowest BCUT2D eigenvalue weighted by molar-refractivity contribution is -0.126. The van der Waals surface area contributed by atoms with Crippen molar-refractivity contribution >= 4 is 55.8 Å². The van der Waals surface area contributed by atoms with E-state index in [0.29, 0.717) is 58.7 Å².